The highest BCUT2D eigenvalue weighted by molar-refractivity contribution is 5.86. The third kappa shape index (κ3) is 5.55. The zero-order chi connectivity index (χ0) is 24.1. The fourth-order valence-electron chi connectivity index (χ4n) is 4.47. The van der Waals surface area contributed by atoms with Crippen LogP contribution in [-0.2, 0) is 14.3 Å². The van der Waals surface area contributed by atoms with E-state index in [9.17, 15) is 14.4 Å². The van der Waals surface area contributed by atoms with Crippen LogP contribution in [0.4, 0.5) is 4.79 Å². The Labute approximate surface area is 198 Å². The third-order valence-corrected chi connectivity index (χ3v) is 6.37. The van der Waals surface area contributed by atoms with Crippen molar-refractivity contribution >= 4 is 18.0 Å². The van der Waals surface area contributed by atoms with E-state index in [0.717, 1.165) is 35.3 Å². The summed E-state index contributed by atoms with van der Waals surface area (Å²) in [5.74, 6) is -1.58. The van der Waals surface area contributed by atoms with Gasteiger partial charge in [0.1, 0.15) is 12.6 Å². The zero-order valence-corrected chi connectivity index (χ0v) is 19.2. The lowest BCUT2D eigenvalue weighted by Gasteiger charge is -2.33. The number of amides is 2. The van der Waals surface area contributed by atoms with Crippen molar-refractivity contribution in [2.45, 2.75) is 24.8 Å². The van der Waals surface area contributed by atoms with Gasteiger partial charge in [-0.25, -0.2) is 9.80 Å². The van der Waals surface area contributed by atoms with Gasteiger partial charge in [0.15, 0.2) is 0 Å². The minimum Gasteiger partial charge on any atom is -0.481 e. The molecule has 1 heterocycles. The van der Waals surface area contributed by atoms with Gasteiger partial charge in [-0.05, 0) is 35.7 Å². The van der Waals surface area contributed by atoms with Crippen molar-refractivity contribution in [1.82, 2.24) is 20.7 Å². The molecule has 0 spiro atoms. The summed E-state index contributed by atoms with van der Waals surface area (Å²) in [6, 6.07) is 15.0. The maximum absolute atomic E-state index is 12.8. The van der Waals surface area contributed by atoms with E-state index in [-0.39, 0.29) is 25.4 Å². The van der Waals surface area contributed by atoms with Crippen LogP contribution in [0.25, 0.3) is 11.1 Å². The smallest absolute Gasteiger partial charge is 0.407 e. The van der Waals surface area contributed by atoms with Gasteiger partial charge in [0, 0.05) is 38.5 Å². The summed E-state index contributed by atoms with van der Waals surface area (Å²) >= 11 is 0. The Bertz CT molecular complexity index is 1010. The summed E-state index contributed by atoms with van der Waals surface area (Å²) in [6.45, 7) is 3.03. The molecule has 1 atom stereocenters. The van der Waals surface area contributed by atoms with E-state index in [0.29, 0.717) is 13.1 Å². The Morgan fingerprint density at radius 3 is 2.18 bits per heavy atom. The second kappa shape index (κ2) is 10.7. The van der Waals surface area contributed by atoms with Crippen molar-refractivity contribution < 1.29 is 24.2 Å². The number of fused-ring (bicyclic) bond motifs is 3. The molecule has 0 bridgehead atoms. The highest BCUT2D eigenvalue weighted by Crippen LogP contribution is 2.44. The van der Waals surface area contributed by atoms with Crippen LogP contribution in [0.1, 0.15) is 29.9 Å². The predicted molar refractivity (Wildman–Crippen MR) is 126 cm³/mol. The van der Waals surface area contributed by atoms with Crippen molar-refractivity contribution in [2.75, 3.05) is 39.8 Å². The summed E-state index contributed by atoms with van der Waals surface area (Å²) in [4.78, 5) is 38.7. The number of carbonyl (C=O) groups is 3. The number of nitrogens with zero attached hydrogens (tertiary/aromatic N) is 2. The second-order valence-corrected chi connectivity index (χ2v) is 8.72. The van der Waals surface area contributed by atoms with Gasteiger partial charge in [-0.1, -0.05) is 48.5 Å². The normalized spacial score (nSPS) is 16.9. The molecule has 34 heavy (non-hydrogen) atoms. The molecule has 1 fully saturated rings. The van der Waals surface area contributed by atoms with Crippen LogP contribution in [0.2, 0.25) is 0 Å². The number of likely N-dealkylation sites (N-methyl/N-ethyl adjacent to an activating group) is 1. The lowest BCUT2D eigenvalue weighted by atomic mass is 9.98. The Balaban J connectivity index is 1.38. The third-order valence-electron chi connectivity index (χ3n) is 6.37. The molecule has 1 unspecified atom stereocenters. The van der Waals surface area contributed by atoms with Crippen LogP contribution in [0.5, 0.6) is 0 Å². The molecule has 2 aliphatic rings. The number of carboxylic acids is 1. The van der Waals surface area contributed by atoms with Gasteiger partial charge in [-0.3, -0.25) is 15.0 Å². The first-order valence-corrected chi connectivity index (χ1v) is 11.5. The summed E-state index contributed by atoms with van der Waals surface area (Å²) in [5.41, 5.74) is 7.22. The van der Waals surface area contributed by atoms with E-state index in [1.54, 1.807) is 5.01 Å². The fourth-order valence-corrected chi connectivity index (χ4v) is 4.47. The number of piperazine rings is 1. The SMILES string of the molecule is CN1CCN(NC(=O)C(CCC(=O)O)NC(=O)OCC2c3ccccc3-c3ccccc32)CC1. The van der Waals surface area contributed by atoms with Crippen LogP contribution in [0, 0.1) is 0 Å². The van der Waals surface area contributed by atoms with E-state index in [1.807, 2.05) is 43.4 Å². The average molecular weight is 467 g/mol. The van der Waals surface area contributed by atoms with Gasteiger partial charge in [0.05, 0.1) is 0 Å². The van der Waals surface area contributed by atoms with E-state index in [1.165, 1.54) is 0 Å². The van der Waals surface area contributed by atoms with E-state index < -0.39 is 24.0 Å². The molecule has 9 nitrogen and oxygen atoms in total. The maximum Gasteiger partial charge on any atom is 0.407 e. The first-order chi connectivity index (χ1) is 16.4. The largest absolute Gasteiger partial charge is 0.481 e. The molecular formula is C25H30N4O5. The summed E-state index contributed by atoms with van der Waals surface area (Å²) in [7, 11) is 2.01. The monoisotopic (exact) mass is 466 g/mol. The minimum atomic E-state index is -1.04. The van der Waals surface area contributed by atoms with Crippen molar-refractivity contribution in [2.24, 2.45) is 0 Å². The second-order valence-electron chi connectivity index (χ2n) is 8.72. The molecule has 0 aromatic heterocycles. The number of aliphatic carboxylic acids is 1. The molecule has 180 valence electrons. The standard InChI is InChI=1S/C25H30N4O5/c1-28-12-14-29(15-13-28)27-24(32)22(10-11-23(30)31)26-25(33)34-16-21-19-8-4-2-6-17(19)18-7-3-5-9-20(18)21/h2-9,21-22H,10-16H2,1H3,(H,26,33)(H,27,32)(H,30,31). The number of benzene rings is 2. The molecule has 0 saturated carbocycles. The molecular weight excluding hydrogens is 436 g/mol. The molecule has 2 aromatic carbocycles. The fraction of sp³-hybridized carbons (Fsp3) is 0.400. The number of nitrogens with one attached hydrogen (secondary N) is 2. The predicted octanol–water partition coefficient (Wildman–Crippen LogP) is 2.04. The lowest BCUT2D eigenvalue weighted by Crippen LogP contribution is -2.57. The number of hydrogen-bond donors (Lipinski definition) is 3. The Morgan fingerprint density at radius 2 is 1.59 bits per heavy atom. The van der Waals surface area contributed by atoms with Crippen LogP contribution >= 0.6 is 0 Å². The van der Waals surface area contributed by atoms with Gasteiger partial charge < -0.3 is 20.1 Å². The van der Waals surface area contributed by atoms with Gasteiger partial charge >= 0.3 is 12.1 Å². The quantitative estimate of drug-likeness (QED) is 0.546. The number of ether oxygens (including phenoxy) is 1. The van der Waals surface area contributed by atoms with E-state index in [4.69, 9.17) is 9.84 Å². The summed E-state index contributed by atoms with van der Waals surface area (Å²) in [6.07, 6.45) is -1.02. The maximum atomic E-state index is 12.8. The molecule has 2 aromatic rings. The molecule has 3 N–H and O–H groups in total. The molecule has 1 aliphatic carbocycles. The number of carboxylic acid groups (broad SMARTS) is 1. The first kappa shape index (κ1) is 23.7. The van der Waals surface area contributed by atoms with Crippen molar-refractivity contribution in [3.63, 3.8) is 0 Å². The minimum absolute atomic E-state index is 0.0287. The number of rotatable bonds is 8. The molecule has 0 radical (unpaired) electrons. The lowest BCUT2D eigenvalue weighted by molar-refractivity contribution is -0.137. The highest BCUT2D eigenvalue weighted by Gasteiger charge is 2.30. The first-order valence-electron chi connectivity index (χ1n) is 11.5. The Kier molecular flexibility index (Phi) is 7.44. The van der Waals surface area contributed by atoms with Gasteiger partial charge in [0.2, 0.25) is 0 Å². The highest BCUT2D eigenvalue weighted by atomic mass is 16.5. The van der Waals surface area contributed by atoms with Gasteiger partial charge in [0.25, 0.3) is 5.91 Å². The topological polar surface area (TPSA) is 111 Å². The molecule has 1 saturated heterocycles. The Hall–Kier alpha value is -3.43. The number of hydrogen-bond acceptors (Lipinski definition) is 6. The van der Waals surface area contributed by atoms with Crippen LogP contribution in [0.15, 0.2) is 48.5 Å². The zero-order valence-electron chi connectivity index (χ0n) is 19.2. The molecule has 4 rings (SSSR count). The van der Waals surface area contributed by atoms with E-state index >= 15 is 0 Å². The summed E-state index contributed by atoms with van der Waals surface area (Å²) in [5, 5.41) is 13.4. The van der Waals surface area contributed by atoms with Crippen LogP contribution in [-0.4, -0.2) is 78.9 Å². The van der Waals surface area contributed by atoms with Crippen LogP contribution in [0.3, 0.4) is 0 Å². The molecule has 9 heteroatoms. The van der Waals surface area contributed by atoms with E-state index in [2.05, 4.69) is 27.8 Å². The number of hydrazine groups is 1. The number of alkyl carbamates (subject to hydrolysis) is 1. The van der Waals surface area contributed by atoms with Crippen molar-refractivity contribution in [3.8, 4) is 11.1 Å². The molecule has 2 amide bonds. The Morgan fingerprint density at radius 1 is 1.00 bits per heavy atom. The number of carbonyl (C=O) groups excluding carboxylic acids is 2. The van der Waals surface area contributed by atoms with Gasteiger partial charge in [-0.2, -0.15) is 0 Å². The van der Waals surface area contributed by atoms with Crippen LogP contribution < -0.4 is 10.7 Å². The average Bonchev–Trinajstić information content (AvgIpc) is 3.15. The van der Waals surface area contributed by atoms with Crippen molar-refractivity contribution in [3.05, 3.63) is 59.7 Å². The molecule has 1 aliphatic heterocycles. The summed E-state index contributed by atoms with van der Waals surface area (Å²) < 4.78 is 5.53. The van der Waals surface area contributed by atoms with Gasteiger partial charge in [-0.15, -0.1) is 0 Å². The van der Waals surface area contributed by atoms with Crippen molar-refractivity contribution in [1.29, 1.82) is 0 Å².